The number of phenolic OH excluding ortho intramolecular Hbond substituents is 1. The van der Waals surface area contributed by atoms with Crippen LogP contribution in [-0.4, -0.2) is 89.1 Å². The van der Waals surface area contributed by atoms with Crippen molar-refractivity contribution >= 4 is 39.3 Å². The third-order valence-corrected chi connectivity index (χ3v) is 12.7. The number of hydrogen-bond acceptors (Lipinski definition) is 9. The molecule has 2 atom stereocenters. The number of alkyl halides is 3. The molecular formula is C39H38F5N5O3S. The number of nitrogens with zero attached hydrogens (tertiary/aromatic N) is 4. The molecule has 14 heteroatoms. The first-order chi connectivity index (χ1) is 25.4. The van der Waals surface area contributed by atoms with Crippen LogP contribution in [0.15, 0.2) is 35.2 Å². The number of nitrogens with one attached hydrogen (secondary N) is 1. The predicted molar refractivity (Wildman–Crippen MR) is 192 cm³/mol. The van der Waals surface area contributed by atoms with E-state index < -0.39 is 39.4 Å². The first-order valence-corrected chi connectivity index (χ1v) is 18.9. The van der Waals surface area contributed by atoms with Crippen LogP contribution in [0.1, 0.15) is 50.5 Å². The van der Waals surface area contributed by atoms with E-state index in [9.17, 15) is 18.3 Å². The highest BCUT2D eigenvalue weighted by atomic mass is 32.2. The summed E-state index contributed by atoms with van der Waals surface area (Å²) in [6, 6.07) is 6.33. The fraction of sp³-hybridized carbons (Fsp3) is 0.487. The Morgan fingerprint density at radius 2 is 1.85 bits per heavy atom. The lowest BCUT2D eigenvalue weighted by molar-refractivity contribution is -0.115. The molecule has 3 aliphatic heterocycles. The van der Waals surface area contributed by atoms with Gasteiger partial charge < -0.3 is 24.8 Å². The van der Waals surface area contributed by atoms with Gasteiger partial charge in [-0.2, -0.15) is 23.1 Å². The molecule has 2 unspecified atom stereocenters. The summed E-state index contributed by atoms with van der Waals surface area (Å²) in [5.41, 5.74) is -6.06. The number of anilines is 1. The van der Waals surface area contributed by atoms with Gasteiger partial charge in [-0.25, -0.2) is 8.78 Å². The maximum absolute atomic E-state index is 17.4. The van der Waals surface area contributed by atoms with Crippen molar-refractivity contribution in [1.82, 2.24) is 20.2 Å². The number of rotatable bonds is 8. The molecule has 53 heavy (non-hydrogen) atoms. The van der Waals surface area contributed by atoms with E-state index in [1.165, 1.54) is 24.6 Å². The van der Waals surface area contributed by atoms with Crippen molar-refractivity contribution in [3.8, 4) is 35.2 Å². The summed E-state index contributed by atoms with van der Waals surface area (Å²) in [5.74, 6) is 0.320. The molecule has 2 aliphatic carbocycles. The van der Waals surface area contributed by atoms with Gasteiger partial charge in [-0.05, 0) is 91.9 Å². The number of benzene rings is 3. The Bertz CT molecular complexity index is 2160. The monoisotopic (exact) mass is 751 g/mol. The largest absolute Gasteiger partial charge is 0.508 e. The molecule has 4 heterocycles. The fourth-order valence-corrected chi connectivity index (χ4v) is 9.60. The number of hydrogen-bond donors (Lipinski definition) is 2. The van der Waals surface area contributed by atoms with E-state index in [4.69, 9.17) is 20.9 Å². The first-order valence-electron chi connectivity index (χ1n) is 18.1. The van der Waals surface area contributed by atoms with Crippen molar-refractivity contribution in [2.24, 2.45) is 5.41 Å². The molecule has 1 spiro atoms. The number of ether oxygens (including phenoxy) is 2. The molecular weight excluding hydrogens is 714 g/mol. The number of morpholine rings is 1. The number of aromatic nitrogens is 2. The fourth-order valence-electron chi connectivity index (χ4n) is 8.87. The standard InChI is InChI=1S/C39H38F5N5O3S/c1-2-26-29(40)7-4-22-14-25(50)15-27(31(22)26)32-30(53-39(42,43)44)16-28-34(33(32)41)46-36(47-35(28)48-17-23-5-6-24(18-48)45-23)52-20-37(10-11-37)19-49-12-13-51-21-38(49)8-3-9-38/h1,4,7,14-16,23-24,45,50H,3,5-6,8-13,17-21H2. The molecule has 3 aromatic carbocycles. The van der Waals surface area contributed by atoms with E-state index in [-0.39, 0.29) is 67.6 Å². The van der Waals surface area contributed by atoms with E-state index in [0.717, 1.165) is 70.4 Å². The van der Waals surface area contributed by atoms with E-state index in [0.29, 0.717) is 32.1 Å². The number of phenols is 1. The molecule has 1 aromatic heterocycles. The van der Waals surface area contributed by atoms with E-state index in [2.05, 4.69) is 21.1 Å². The second kappa shape index (κ2) is 12.9. The Morgan fingerprint density at radius 1 is 1.08 bits per heavy atom. The Kier molecular flexibility index (Phi) is 8.45. The number of fused-ring (bicyclic) bond motifs is 4. The van der Waals surface area contributed by atoms with Crippen LogP contribution in [-0.2, 0) is 4.74 Å². The van der Waals surface area contributed by atoms with Gasteiger partial charge in [-0.15, -0.1) is 6.42 Å². The quantitative estimate of drug-likeness (QED) is 0.109. The maximum atomic E-state index is 17.4. The third kappa shape index (κ3) is 6.33. The molecule has 0 radical (unpaired) electrons. The molecule has 2 bridgehead atoms. The normalized spacial score (nSPS) is 23.4. The highest BCUT2D eigenvalue weighted by molar-refractivity contribution is 8.00. The maximum Gasteiger partial charge on any atom is 0.446 e. The Hall–Kier alpha value is -3.90. The average Bonchev–Trinajstić information content (AvgIpc) is 3.79. The van der Waals surface area contributed by atoms with E-state index in [1.54, 1.807) is 0 Å². The SMILES string of the molecule is C#Cc1c(F)ccc2cc(O)cc(-c3c(SC(F)(F)F)cc4c(N5CC6CCC(C5)N6)nc(OCC5(CN6CCOCC67CCC7)CC5)nc4c3F)c12. The zero-order chi connectivity index (χ0) is 36.7. The van der Waals surface area contributed by atoms with Gasteiger partial charge >= 0.3 is 11.5 Å². The first kappa shape index (κ1) is 34.8. The number of halogens is 5. The molecule has 278 valence electrons. The van der Waals surface area contributed by atoms with E-state index in [1.807, 2.05) is 4.90 Å². The van der Waals surface area contributed by atoms with Crippen LogP contribution in [0.25, 0.3) is 32.8 Å². The lowest BCUT2D eigenvalue weighted by Gasteiger charge is -2.53. The van der Waals surface area contributed by atoms with Crippen molar-refractivity contribution in [3.63, 3.8) is 0 Å². The topological polar surface area (TPSA) is 83.0 Å². The van der Waals surface area contributed by atoms with Gasteiger partial charge in [0.15, 0.2) is 5.82 Å². The minimum atomic E-state index is -4.82. The van der Waals surface area contributed by atoms with Crippen LogP contribution >= 0.6 is 11.8 Å². The second-order valence-electron chi connectivity index (χ2n) is 15.4. The average molecular weight is 752 g/mol. The van der Waals surface area contributed by atoms with Crippen molar-refractivity contribution < 1.29 is 36.5 Å². The highest BCUT2D eigenvalue weighted by Gasteiger charge is 2.52. The van der Waals surface area contributed by atoms with Gasteiger partial charge in [-0.1, -0.05) is 12.0 Å². The summed E-state index contributed by atoms with van der Waals surface area (Å²) in [6.07, 6.45) is 12.9. The molecule has 3 saturated heterocycles. The minimum absolute atomic E-state index is 0.0000277. The summed E-state index contributed by atoms with van der Waals surface area (Å²) in [5, 5.41) is 14.6. The van der Waals surface area contributed by atoms with Crippen molar-refractivity contribution in [3.05, 3.63) is 47.5 Å². The highest BCUT2D eigenvalue weighted by Crippen LogP contribution is 2.51. The van der Waals surface area contributed by atoms with Crippen LogP contribution in [0.5, 0.6) is 11.8 Å². The Balaban J connectivity index is 1.18. The van der Waals surface area contributed by atoms with E-state index >= 15 is 8.78 Å². The molecule has 5 aliphatic rings. The number of piperazine rings is 1. The van der Waals surface area contributed by atoms with Crippen LogP contribution in [0.4, 0.5) is 27.8 Å². The zero-order valence-electron chi connectivity index (χ0n) is 28.9. The molecule has 2 saturated carbocycles. The van der Waals surface area contributed by atoms with Crippen LogP contribution in [0, 0.1) is 29.4 Å². The summed E-state index contributed by atoms with van der Waals surface area (Å²) < 4.78 is 87.5. The van der Waals surface area contributed by atoms with Gasteiger partial charge in [0, 0.05) is 70.4 Å². The van der Waals surface area contributed by atoms with Crippen molar-refractivity contribution in [1.29, 1.82) is 0 Å². The third-order valence-electron chi connectivity index (χ3n) is 11.9. The van der Waals surface area contributed by atoms with Crippen LogP contribution < -0.4 is 15.0 Å². The number of thioether (sulfide) groups is 1. The summed E-state index contributed by atoms with van der Waals surface area (Å²) in [7, 11) is 0. The summed E-state index contributed by atoms with van der Waals surface area (Å²) in [6.45, 7) is 4.46. The second-order valence-corrected chi connectivity index (χ2v) is 16.5. The molecule has 4 aromatic rings. The molecule has 0 amide bonds. The van der Waals surface area contributed by atoms with Crippen LogP contribution in [0.2, 0.25) is 0 Å². The van der Waals surface area contributed by atoms with Crippen molar-refractivity contribution in [2.75, 3.05) is 50.9 Å². The number of terminal acetylenes is 1. The zero-order valence-corrected chi connectivity index (χ0v) is 29.7. The molecule has 8 nitrogen and oxygen atoms in total. The van der Waals surface area contributed by atoms with Gasteiger partial charge in [0.05, 0.1) is 25.4 Å². The number of aromatic hydroxyl groups is 1. The summed E-state index contributed by atoms with van der Waals surface area (Å²) >= 11 is -0.497. The van der Waals surface area contributed by atoms with Crippen LogP contribution in [0.3, 0.4) is 0 Å². The van der Waals surface area contributed by atoms with Gasteiger partial charge in [0.1, 0.15) is 22.9 Å². The van der Waals surface area contributed by atoms with Gasteiger partial charge in [0.2, 0.25) is 0 Å². The molecule has 5 fully saturated rings. The lowest BCUT2D eigenvalue weighted by atomic mass is 9.74. The van der Waals surface area contributed by atoms with Crippen molar-refractivity contribution in [2.45, 2.75) is 73.0 Å². The Labute approximate surface area is 307 Å². The van der Waals surface area contributed by atoms with Gasteiger partial charge in [0.25, 0.3) is 0 Å². The minimum Gasteiger partial charge on any atom is -0.508 e. The van der Waals surface area contributed by atoms with Gasteiger partial charge in [-0.3, -0.25) is 4.90 Å². The smallest absolute Gasteiger partial charge is 0.446 e. The predicted octanol–water partition coefficient (Wildman–Crippen LogP) is 7.38. The molecule has 2 N–H and O–H groups in total. The lowest BCUT2D eigenvalue weighted by Crippen LogP contribution is -2.62. The Morgan fingerprint density at radius 3 is 2.53 bits per heavy atom. The summed E-state index contributed by atoms with van der Waals surface area (Å²) in [4.78, 5) is 13.4. The molecule has 9 rings (SSSR count).